The highest BCUT2D eigenvalue weighted by atomic mass is 35.5. The summed E-state index contributed by atoms with van der Waals surface area (Å²) in [5.41, 5.74) is -0.367. The van der Waals surface area contributed by atoms with Crippen molar-refractivity contribution in [3.05, 3.63) is 40.8 Å². The van der Waals surface area contributed by atoms with Crippen LogP contribution in [-0.4, -0.2) is 15.4 Å². The van der Waals surface area contributed by atoms with Gasteiger partial charge in [0.15, 0.2) is 0 Å². The predicted octanol–water partition coefficient (Wildman–Crippen LogP) is 3.28. The summed E-state index contributed by atoms with van der Waals surface area (Å²) in [5.74, 6) is 0. The molecule has 1 aromatic rings. The van der Waals surface area contributed by atoms with Crippen molar-refractivity contribution in [1.29, 1.82) is 0 Å². The molecular formula is C13H17ClO2S. The normalized spacial score (nSPS) is 16.6. The van der Waals surface area contributed by atoms with E-state index in [-0.39, 0.29) is 10.4 Å². The lowest BCUT2D eigenvalue weighted by molar-refractivity contribution is 0.102. The van der Waals surface area contributed by atoms with Crippen LogP contribution in [0, 0.1) is 5.41 Å². The van der Waals surface area contributed by atoms with E-state index in [0.717, 1.165) is 0 Å². The molecule has 0 aliphatic carbocycles. The topological polar surface area (TPSA) is 37.3 Å². The molecule has 4 heteroatoms. The molecule has 1 rings (SSSR count). The number of hydrogen-bond donors (Lipinski definition) is 1. The smallest absolute Gasteiger partial charge is 0.0949 e. The minimum atomic E-state index is -1.32. The molecular weight excluding hydrogens is 256 g/mol. The molecule has 2 unspecified atom stereocenters. The van der Waals surface area contributed by atoms with E-state index >= 15 is 0 Å². The molecule has 0 amide bonds. The SMILES string of the molecule is CC(C)(C)C(O)/C(Cl)=C\S(=O)c1ccccc1. The lowest BCUT2D eigenvalue weighted by Gasteiger charge is -2.25. The summed E-state index contributed by atoms with van der Waals surface area (Å²) in [5, 5.41) is 11.5. The number of aliphatic hydroxyl groups is 1. The lowest BCUT2D eigenvalue weighted by atomic mass is 9.89. The van der Waals surface area contributed by atoms with Gasteiger partial charge in [0.25, 0.3) is 0 Å². The van der Waals surface area contributed by atoms with Crippen molar-refractivity contribution in [1.82, 2.24) is 0 Å². The van der Waals surface area contributed by atoms with Gasteiger partial charge in [-0.05, 0) is 17.5 Å². The molecule has 0 bridgehead atoms. The summed E-state index contributed by atoms with van der Waals surface area (Å²) >= 11 is 5.98. The molecule has 2 nitrogen and oxygen atoms in total. The van der Waals surface area contributed by atoms with Crippen LogP contribution in [0.1, 0.15) is 20.8 Å². The fourth-order valence-corrected chi connectivity index (χ4v) is 2.67. The van der Waals surface area contributed by atoms with Crippen LogP contribution in [0.4, 0.5) is 0 Å². The molecule has 0 aliphatic rings. The second-order valence-corrected chi connectivity index (χ2v) is 6.62. The third kappa shape index (κ3) is 4.26. The Labute approximate surface area is 110 Å². The van der Waals surface area contributed by atoms with Crippen molar-refractivity contribution >= 4 is 22.4 Å². The van der Waals surface area contributed by atoms with E-state index in [4.69, 9.17) is 11.6 Å². The van der Waals surface area contributed by atoms with Gasteiger partial charge in [0.2, 0.25) is 0 Å². The van der Waals surface area contributed by atoms with E-state index in [0.29, 0.717) is 4.90 Å². The first-order chi connectivity index (χ1) is 7.82. The number of hydrogen-bond acceptors (Lipinski definition) is 2. The maximum absolute atomic E-state index is 11.9. The summed E-state index contributed by atoms with van der Waals surface area (Å²) < 4.78 is 11.9. The van der Waals surface area contributed by atoms with Crippen LogP contribution in [0.2, 0.25) is 0 Å². The highest BCUT2D eigenvalue weighted by Gasteiger charge is 2.25. The van der Waals surface area contributed by atoms with Gasteiger partial charge in [-0.25, -0.2) is 4.21 Å². The molecule has 2 atom stereocenters. The molecule has 0 saturated heterocycles. The minimum absolute atomic E-state index is 0.222. The molecule has 0 heterocycles. The van der Waals surface area contributed by atoms with Crippen molar-refractivity contribution in [3.63, 3.8) is 0 Å². The van der Waals surface area contributed by atoms with Crippen molar-refractivity contribution in [3.8, 4) is 0 Å². The van der Waals surface area contributed by atoms with Gasteiger partial charge >= 0.3 is 0 Å². The molecule has 1 N–H and O–H groups in total. The monoisotopic (exact) mass is 272 g/mol. The Morgan fingerprint density at radius 1 is 1.35 bits per heavy atom. The maximum atomic E-state index is 11.9. The molecule has 0 radical (unpaired) electrons. The number of rotatable bonds is 3. The standard InChI is InChI=1S/C13H17ClO2S/c1-13(2,3)12(15)11(14)9-17(16)10-7-5-4-6-8-10/h4-9,12,15H,1-3H3/b11-9+. The van der Waals surface area contributed by atoms with Crippen molar-refractivity contribution < 1.29 is 9.32 Å². The van der Waals surface area contributed by atoms with E-state index < -0.39 is 16.9 Å². The molecule has 0 saturated carbocycles. The highest BCUT2D eigenvalue weighted by Crippen LogP contribution is 2.27. The second-order valence-electron chi connectivity index (χ2n) is 4.88. The van der Waals surface area contributed by atoms with Crippen LogP contribution in [-0.2, 0) is 10.8 Å². The van der Waals surface area contributed by atoms with Gasteiger partial charge in [0, 0.05) is 10.3 Å². The van der Waals surface area contributed by atoms with Crippen LogP contribution in [0.5, 0.6) is 0 Å². The summed E-state index contributed by atoms with van der Waals surface area (Å²) in [4.78, 5) is 0.673. The third-order valence-electron chi connectivity index (χ3n) is 2.28. The fraction of sp³-hybridized carbons (Fsp3) is 0.385. The Morgan fingerprint density at radius 2 is 1.88 bits per heavy atom. The van der Waals surface area contributed by atoms with Crippen molar-refractivity contribution in [2.75, 3.05) is 0 Å². The second kappa shape index (κ2) is 5.80. The summed E-state index contributed by atoms with van der Waals surface area (Å²) in [7, 11) is -1.32. The fourth-order valence-electron chi connectivity index (χ4n) is 1.20. The first kappa shape index (κ1) is 14.4. The summed E-state index contributed by atoms with van der Waals surface area (Å²) in [6, 6.07) is 9.01. The van der Waals surface area contributed by atoms with Crippen molar-refractivity contribution in [2.45, 2.75) is 31.8 Å². The number of halogens is 1. The average molecular weight is 273 g/mol. The van der Waals surface area contributed by atoms with Gasteiger partial charge in [-0.15, -0.1) is 0 Å². The van der Waals surface area contributed by atoms with Gasteiger partial charge in [0.05, 0.1) is 21.9 Å². The van der Waals surface area contributed by atoms with E-state index in [1.165, 1.54) is 5.41 Å². The quantitative estimate of drug-likeness (QED) is 0.917. The maximum Gasteiger partial charge on any atom is 0.0949 e. The van der Waals surface area contributed by atoms with E-state index in [9.17, 15) is 9.32 Å². The molecule has 1 aromatic carbocycles. The van der Waals surface area contributed by atoms with Crippen LogP contribution in [0.25, 0.3) is 0 Å². The van der Waals surface area contributed by atoms with E-state index in [1.807, 2.05) is 39.0 Å². The lowest BCUT2D eigenvalue weighted by Crippen LogP contribution is -2.26. The summed E-state index contributed by atoms with van der Waals surface area (Å²) in [6.45, 7) is 5.62. The number of benzene rings is 1. The third-order valence-corrected chi connectivity index (χ3v) is 3.93. The first-order valence-corrected chi connectivity index (χ1v) is 6.92. The Bertz CT molecular complexity index is 421. The Morgan fingerprint density at radius 3 is 2.35 bits per heavy atom. The van der Waals surface area contributed by atoms with Crippen molar-refractivity contribution in [2.24, 2.45) is 5.41 Å². The average Bonchev–Trinajstić information content (AvgIpc) is 2.27. The molecule has 94 valence electrons. The van der Waals surface area contributed by atoms with Crippen LogP contribution >= 0.6 is 11.6 Å². The minimum Gasteiger partial charge on any atom is -0.387 e. The zero-order valence-corrected chi connectivity index (χ0v) is 11.8. The van der Waals surface area contributed by atoms with Gasteiger partial charge in [-0.1, -0.05) is 50.6 Å². The molecule has 0 spiro atoms. The predicted molar refractivity (Wildman–Crippen MR) is 72.2 cm³/mol. The largest absolute Gasteiger partial charge is 0.387 e. The Balaban J connectivity index is 2.87. The van der Waals surface area contributed by atoms with Crippen LogP contribution in [0.3, 0.4) is 0 Å². The van der Waals surface area contributed by atoms with Gasteiger partial charge in [-0.3, -0.25) is 0 Å². The molecule has 0 fully saturated rings. The molecule has 0 aromatic heterocycles. The highest BCUT2D eigenvalue weighted by molar-refractivity contribution is 7.88. The molecule has 0 aliphatic heterocycles. The van der Waals surface area contributed by atoms with E-state index in [2.05, 4.69) is 0 Å². The Kier molecular flexibility index (Phi) is 4.92. The van der Waals surface area contributed by atoms with Gasteiger partial charge in [0.1, 0.15) is 0 Å². The zero-order chi connectivity index (χ0) is 13.1. The van der Waals surface area contributed by atoms with Crippen LogP contribution < -0.4 is 0 Å². The molecule has 17 heavy (non-hydrogen) atoms. The number of aliphatic hydroxyl groups excluding tert-OH is 1. The van der Waals surface area contributed by atoms with Gasteiger partial charge < -0.3 is 5.11 Å². The van der Waals surface area contributed by atoms with E-state index in [1.54, 1.807) is 12.1 Å². The van der Waals surface area contributed by atoms with Crippen LogP contribution in [0.15, 0.2) is 45.7 Å². The first-order valence-electron chi connectivity index (χ1n) is 5.33. The zero-order valence-electron chi connectivity index (χ0n) is 10.2. The summed E-state index contributed by atoms with van der Waals surface area (Å²) in [6.07, 6.45) is -0.808. The van der Waals surface area contributed by atoms with Gasteiger partial charge in [-0.2, -0.15) is 0 Å². The Hall–Kier alpha value is -0.640.